The Balaban J connectivity index is 2.49. The molecular formula is C26H37N3O5S. The van der Waals surface area contributed by atoms with Crippen molar-refractivity contribution in [1.29, 1.82) is 0 Å². The first kappa shape index (κ1) is 28.2. The van der Waals surface area contributed by atoms with Crippen LogP contribution in [0.5, 0.6) is 5.75 Å². The molecular weight excluding hydrogens is 466 g/mol. The van der Waals surface area contributed by atoms with Crippen molar-refractivity contribution in [3.05, 3.63) is 59.7 Å². The van der Waals surface area contributed by atoms with Gasteiger partial charge >= 0.3 is 0 Å². The van der Waals surface area contributed by atoms with Crippen LogP contribution >= 0.6 is 0 Å². The highest BCUT2D eigenvalue weighted by atomic mass is 32.2. The Bertz CT molecular complexity index is 1120. The van der Waals surface area contributed by atoms with Crippen LogP contribution in [0.4, 0.5) is 5.69 Å². The second-order valence-corrected chi connectivity index (χ2v) is 10.7. The van der Waals surface area contributed by atoms with Crippen molar-refractivity contribution in [3.63, 3.8) is 0 Å². The molecule has 35 heavy (non-hydrogen) atoms. The molecule has 0 aromatic heterocycles. The summed E-state index contributed by atoms with van der Waals surface area (Å²) in [6.45, 7) is 9.36. The predicted octanol–water partition coefficient (Wildman–Crippen LogP) is 3.49. The molecule has 0 saturated carbocycles. The smallest absolute Gasteiger partial charge is 0.244 e. The second kappa shape index (κ2) is 12.6. The quantitative estimate of drug-likeness (QED) is 0.478. The van der Waals surface area contributed by atoms with Gasteiger partial charge < -0.3 is 15.0 Å². The van der Waals surface area contributed by atoms with Crippen molar-refractivity contribution in [1.82, 2.24) is 10.2 Å². The SMILES string of the molecule is CCOc1ccccc1N(CC(=O)N(Cc1cccc(C)c1)[C@@H](CC)C(=O)NC(C)C)S(C)(=O)=O. The monoisotopic (exact) mass is 503 g/mol. The fourth-order valence-electron chi connectivity index (χ4n) is 3.84. The average molecular weight is 504 g/mol. The molecule has 0 aliphatic carbocycles. The fraction of sp³-hybridized carbons (Fsp3) is 0.462. The number of hydrogen-bond acceptors (Lipinski definition) is 5. The van der Waals surface area contributed by atoms with Gasteiger partial charge in [-0.2, -0.15) is 0 Å². The van der Waals surface area contributed by atoms with E-state index in [1.54, 1.807) is 31.2 Å². The van der Waals surface area contributed by atoms with E-state index < -0.39 is 28.5 Å². The molecule has 0 unspecified atom stereocenters. The van der Waals surface area contributed by atoms with Gasteiger partial charge in [-0.1, -0.05) is 48.9 Å². The van der Waals surface area contributed by atoms with Gasteiger partial charge in [0, 0.05) is 12.6 Å². The van der Waals surface area contributed by atoms with Crippen LogP contribution in [0.15, 0.2) is 48.5 Å². The summed E-state index contributed by atoms with van der Waals surface area (Å²) in [6, 6.07) is 13.5. The maximum Gasteiger partial charge on any atom is 0.244 e. The lowest BCUT2D eigenvalue weighted by atomic mass is 10.1. The zero-order chi connectivity index (χ0) is 26.2. The van der Waals surface area contributed by atoms with Crippen LogP contribution in [0, 0.1) is 6.92 Å². The number of para-hydroxylation sites is 2. The lowest BCUT2D eigenvalue weighted by Crippen LogP contribution is -2.53. The van der Waals surface area contributed by atoms with E-state index in [1.807, 2.05) is 52.0 Å². The number of rotatable bonds is 12. The number of hydrogen-bond donors (Lipinski definition) is 1. The first-order chi connectivity index (χ1) is 16.5. The van der Waals surface area contributed by atoms with Crippen LogP contribution in [-0.4, -0.2) is 56.6 Å². The van der Waals surface area contributed by atoms with Crippen molar-refractivity contribution >= 4 is 27.5 Å². The number of ether oxygens (including phenoxy) is 1. The van der Waals surface area contributed by atoms with E-state index in [2.05, 4.69) is 5.32 Å². The van der Waals surface area contributed by atoms with Gasteiger partial charge in [0.2, 0.25) is 21.8 Å². The van der Waals surface area contributed by atoms with E-state index >= 15 is 0 Å². The molecule has 8 nitrogen and oxygen atoms in total. The molecule has 0 saturated heterocycles. The first-order valence-corrected chi connectivity index (χ1v) is 13.7. The zero-order valence-corrected chi connectivity index (χ0v) is 22.3. The van der Waals surface area contributed by atoms with Crippen LogP contribution in [-0.2, 0) is 26.2 Å². The molecule has 192 valence electrons. The standard InChI is InChI=1S/C26H37N3O5S/c1-7-22(26(31)27-19(3)4)28(17-21-13-11-12-20(5)16-21)25(30)18-29(35(6,32)33)23-14-9-10-15-24(23)34-8-2/h9-16,19,22H,7-8,17-18H2,1-6H3,(H,27,31)/t22-/m0/s1. The van der Waals surface area contributed by atoms with Gasteiger partial charge in [-0.15, -0.1) is 0 Å². The predicted molar refractivity (Wildman–Crippen MR) is 139 cm³/mol. The van der Waals surface area contributed by atoms with Crippen LogP contribution in [0.2, 0.25) is 0 Å². The lowest BCUT2D eigenvalue weighted by Gasteiger charge is -2.33. The summed E-state index contributed by atoms with van der Waals surface area (Å²) in [5, 5.41) is 2.88. The summed E-state index contributed by atoms with van der Waals surface area (Å²) < 4.78 is 32.2. The number of nitrogens with one attached hydrogen (secondary N) is 1. The number of nitrogens with zero attached hydrogens (tertiary/aromatic N) is 2. The van der Waals surface area contributed by atoms with Gasteiger partial charge in [0.05, 0.1) is 18.6 Å². The summed E-state index contributed by atoms with van der Waals surface area (Å²) in [5.41, 5.74) is 2.16. The van der Waals surface area contributed by atoms with E-state index in [-0.39, 0.29) is 24.2 Å². The third-order valence-corrected chi connectivity index (χ3v) is 6.49. The van der Waals surface area contributed by atoms with Crippen molar-refractivity contribution in [3.8, 4) is 5.75 Å². The minimum absolute atomic E-state index is 0.0990. The third kappa shape index (κ3) is 7.99. The van der Waals surface area contributed by atoms with Gasteiger partial charge in [0.1, 0.15) is 18.3 Å². The van der Waals surface area contributed by atoms with Crippen LogP contribution in [0.25, 0.3) is 0 Å². The Kier molecular flexibility index (Phi) is 10.1. The van der Waals surface area contributed by atoms with Crippen molar-refractivity contribution < 1.29 is 22.7 Å². The normalized spacial score (nSPS) is 12.2. The van der Waals surface area contributed by atoms with Gasteiger partial charge in [0.25, 0.3) is 0 Å². The van der Waals surface area contributed by atoms with E-state index in [4.69, 9.17) is 4.74 Å². The summed E-state index contributed by atoms with van der Waals surface area (Å²) in [4.78, 5) is 28.2. The van der Waals surface area contributed by atoms with E-state index in [0.717, 1.165) is 21.7 Å². The Hall–Kier alpha value is -3.07. The topological polar surface area (TPSA) is 96.0 Å². The molecule has 2 amide bonds. The number of benzene rings is 2. The number of amides is 2. The van der Waals surface area contributed by atoms with Gasteiger partial charge in [0.15, 0.2) is 0 Å². The Labute approximate surface area is 209 Å². The van der Waals surface area contributed by atoms with Crippen molar-refractivity contribution in [2.75, 3.05) is 23.7 Å². The van der Waals surface area contributed by atoms with Gasteiger partial charge in [-0.25, -0.2) is 8.42 Å². The second-order valence-electron chi connectivity index (χ2n) is 8.77. The van der Waals surface area contributed by atoms with Gasteiger partial charge in [-0.05, 0) is 51.8 Å². The molecule has 2 aromatic carbocycles. The molecule has 0 bridgehead atoms. The molecule has 0 fully saturated rings. The molecule has 0 aliphatic heterocycles. The largest absolute Gasteiger partial charge is 0.492 e. The van der Waals surface area contributed by atoms with Crippen LogP contribution < -0.4 is 14.4 Å². The Morgan fingerprint density at radius 3 is 2.31 bits per heavy atom. The van der Waals surface area contributed by atoms with Crippen LogP contribution in [0.1, 0.15) is 45.2 Å². The van der Waals surface area contributed by atoms with Crippen molar-refractivity contribution in [2.24, 2.45) is 0 Å². The minimum atomic E-state index is -3.83. The third-order valence-electron chi connectivity index (χ3n) is 5.37. The molecule has 2 aromatic rings. The summed E-state index contributed by atoms with van der Waals surface area (Å²) >= 11 is 0. The number of carbonyl (C=O) groups excluding carboxylic acids is 2. The molecule has 9 heteroatoms. The highest BCUT2D eigenvalue weighted by molar-refractivity contribution is 7.92. The van der Waals surface area contributed by atoms with Crippen LogP contribution in [0.3, 0.4) is 0 Å². The fourth-order valence-corrected chi connectivity index (χ4v) is 4.70. The molecule has 1 atom stereocenters. The molecule has 0 spiro atoms. The minimum Gasteiger partial charge on any atom is -0.492 e. The summed E-state index contributed by atoms with van der Waals surface area (Å²) in [6.07, 6.45) is 1.43. The Morgan fingerprint density at radius 2 is 1.74 bits per heavy atom. The highest BCUT2D eigenvalue weighted by Crippen LogP contribution is 2.30. The Morgan fingerprint density at radius 1 is 1.06 bits per heavy atom. The van der Waals surface area contributed by atoms with E-state index in [1.165, 1.54) is 4.90 Å². The average Bonchev–Trinajstić information content (AvgIpc) is 2.77. The number of carbonyl (C=O) groups is 2. The summed E-state index contributed by atoms with van der Waals surface area (Å²) in [5.74, 6) is -0.388. The molecule has 1 N–H and O–H groups in total. The maximum atomic E-state index is 13.7. The lowest BCUT2D eigenvalue weighted by molar-refractivity contribution is -0.140. The number of anilines is 1. The molecule has 0 aliphatic rings. The number of aryl methyl sites for hydroxylation is 1. The van der Waals surface area contributed by atoms with Crippen molar-refractivity contribution in [2.45, 2.75) is 59.7 Å². The van der Waals surface area contributed by atoms with Gasteiger partial charge in [-0.3, -0.25) is 13.9 Å². The highest BCUT2D eigenvalue weighted by Gasteiger charge is 2.32. The number of sulfonamides is 1. The maximum absolute atomic E-state index is 13.7. The first-order valence-electron chi connectivity index (χ1n) is 11.8. The summed E-state index contributed by atoms with van der Waals surface area (Å²) in [7, 11) is -3.83. The van der Waals surface area contributed by atoms with E-state index in [0.29, 0.717) is 18.8 Å². The van der Waals surface area contributed by atoms with E-state index in [9.17, 15) is 18.0 Å². The molecule has 2 rings (SSSR count). The molecule has 0 heterocycles. The molecule has 0 radical (unpaired) electrons. The zero-order valence-electron chi connectivity index (χ0n) is 21.4.